The van der Waals surface area contributed by atoms with Crippen molar-refractivity contribution in [3.8, 4) is 10.9 Å². The molecule has 0 aliphatic rings. The lowest BCUT2D eigenvalue weighted by molar-refractivity contribution is 0.455. The molecule has 0 aliphatic heterocycles. The molecule has 0 saturated heterocycles. The van der Waals surface area contributed by atoms with Gasteiger partial charge in [-0.15, -0.1) is 5.10 Å². The third-order valence-electron chi connectivity index (χ3n) is 1.72. The highest BCUT2D eigenvalue weighted by molar-refractivity contribution is 7.13. The Morgan fingerprint density at radius 2 is 2.06 bits per heavy atom. The molecule has 1 aromatic carbocycles. The fourth-order valence-electron chi connectivity index (χ4n) is 1.00. The van der Waals surface area contributed by atoms with Crippen LogP contribution in [-0.4, -0.2) is 10.2 Å². The number of nitrogens with two attached hydrogens (primary N) is 1. The number of benzene rings is 1. The minimum absolute atomic E-state index is 0.165. The van der Waals surface area contributed by atoms with Gasteiger partial charge in [0, 0.05) is 12.6 Å². The lowest BCUT2D eigenvalue weighted by Gasteiger charge is -2.00. The first kappa shape index (κ1) is 10.9. The molecular weight excluding hydrogens is 236 g/mol. The Labute approximate surface area is 93.7 Å². The van der Waals surface area contributed by atoms with E-state index < -0.39 is 11.6 Å². The van der Waals surface area contributed by atoms with Gasteiger partial charge in [-0.1, -0.05) is 16.4 Å². The Morgan fingerprint density at radius 1 is 1.25 bits per heavy atom. The minimum atomic E-state index is -0.971. The summed E-state index contributed by atoms with van der Waals surface area (Å²) in [5.41, 5.74) is 5.34. The van der Waals surface area contributed by atoms with E-state index in [1.807, 2.05) is 0 Å². The van der Waals surface area contributed by atoms with E-state index >= 15 is 0 Å². The van der Waals surface area contributed by atoms with Gasteiger partial charge in [0.1, 0.15) is 10.8 Å². The Balaban J connectivity index is 2.17. The van der Waals surface area contributed by atoms with Gasteiger partial charge in [0.2, 0.25) is 0 Å². The number of hydrogen-bond acceptors (Lipinski definition) is 5. The largest absolute Gasteiger partial charge is 0.430 e. The molecule has 0 bridgehead atoms. The highest BCUT2D eigenvalue weighted by Gasteiger charge is 2.07. The molecule has 2 rings (SSSR count). The van der Waals surface area contributed by atoms with Crippen LogP contribution < -0.4 is 10.5 Å². The molecule has 16 heavy (non-hydrogen) atoms. The zero-order valence-electron chi connectivity index (χ0n) is 7.98. The number of nitrogens with zero attached hydrogens (tertiary/aromatic N) is 2. The summed E-state index contributed by atoms with van der Waals surface area (Å²) in [5.74, 6) is -1.73. The van der Waals surface area contributed by atoms with E-state index in [2.05, 4.69) is 10.2 Å². The van der Waals surface area contributed by atoms with Crippen LogP contribution in [0.5, 0.6) is 10.9 Å². The van der Waals surface area contributed by atoms with Gasteiger partial charge in [0.05, 0.1) is 0 Å². The molecule has 1 aromatic heterocycles. The normalized spacial score (nSPS) is 10.4. The Morgan fingerprint density at radius 3 is 2.69 bits per heavy atom. The highest BCUT2D eigenvalue weighted by Crippen LogP contribution is 2.25. The molecule has 0 radical (unpaired) electrons. The monoisotopic (exact) mass is 243 g/mol. The van der Waals surface area contributed by atoms with Crippen molar-refractivity contribution in [2.45, 2.75) is 6.54 Å². The number of aromatic nitrogens is 2. The maximum atomic E-state index is 12.8. The average Bonchev–Trinajstić information content (AvgIpc) is 2.71. The van der Waals surface area contributed by atoms with E-state index in [-0.39, 0.29) is 17.5 Å². The molecule has 0 atom stereocenters. The average molecular weight is 243 g/mol. The van der Waals surface area contributed by atoms with Crippen molar-refractivity contribution in [1.82, 2.24) is 10.2 Å². The maximum Gasteiger partial charge on any atom is 0.299 e. The van der Waals surface area contributed by atoms with Gasteiger partial charge >= 0.3 is 0 Å². The number of ether oxygens (including phenoxy) is 1. The molecule has 0 saturated carbocycles. The van der Waals surface area contributed by atoms with Gasteiger partial charge in [-0.3, -0.25) is 0 Å². The third kappa shape index (κ3) is 2.31. The molecular formula is C9H7F2N3OS. The van der Waals surface area contributed by atoms with Crippen LogP contribution >= 0.6 is 11.3 Å². The van der Waals surface area contributed by atoms with Crippen LogP contribution in [0, 0.1) is 11.6 Å². The molecule has 1 heterocycles. The zero-order chi connectivity index (χ0) is 11.5. The molecule has 7 heteroatoms. The minimum Gasteiger partial charge on any atom is -0.430 e. The summed E-state index contributed by atoms with van der Waals surface area (Å²) in [7, 11) is 0. The van der Waals surface area contributed by atoms with Gasteiger partial charge in [-0.05, 0) is 12.1 Å². The van der Waals surface area contributed by atoms with Crippen LogP contribution in [0.1, 0.15) is 5.01 Å². The van der Waals surface area contributed by atoms with Gasteiger partial charge in [0.15, 0.2) is 11.6 Å². The Kier molecular flexibility index (Phi) is 3.07. The van der Waals surface area contributed by atoms with E-state index in [9.17, 15) is 8.78 Å². The molecule has 84 valence electrons. The summed E-state index contributed by atoms with van der Waals surface area (Å²) in [6, 6.07) is 3.23. The van der Waals surface area contributed by atoms with Gasteiger partial charge < -0.3 is 10.5 Å². The van der Waals surface area contributed by atoms with Crippen LogP contribution in [0.2, 0.25) is 0 Å². The maximum absolute atomic E-state index is 12.8. The van der Waals surface area contributed by atoms with E-state index in [0.717, 1.165) is 23.5 Å². The molecule has 2 aromatic rings. The topological polar surface area (TPSA) is 61.0 Å². The molecule has 4 nitrogen and oxygen atoms in total. The summed E-state index contributed by atoms with van der Waals surface area (Å²) in [4.78, 5) is 0. The molecule has 2 N–H and O–H groups in total. The SMILES string of the molecule is NCc1nnc(Oc2ccc(F)c(F)c2)s1. The van der Waals surface area contributed by atoms with E-state index in [4.69, 9.17) is 10.5 Å². The highest BCUT2D eigenvalue weighted by atomic mass is 32.1. The van der Waals surface area contributed by atoms with Gasteiger partial charge in [0.25, 0.3) is 5.19 Å². The van der Waals surface area contributed by atoms with Crippen molar-refractivity contribution in [3.05, 3.63) is 34.8 Å². The van der Waals surface area contributed by atoms with Crippen LogP contribution in [0.25, 0.3) is 0 Å². The first-order valence-electron chi connectivity index (χ1n) is 4.34. The second-order valence-corrected chi connectivity index (χ2v) is 3.87. The van der Waals surface area contributed by atoms with Crippen molar-refractivity contribution in [1.29, 1.82) is 0 Å². The second-order valence-electron chi connectivity index (χ2n) is 2.84. The first-order valence-corrected chi connectivity index (χ1v) is 5.16. The van der Waals surface area contributed by atoms with Crippen molar-refractivity contribution in [2.24, 2.45) is 5.73 Å². The molecule has 0 fully saturated rings. The van der Waals surface area contributed by atoms with Crippen LogP contribution in [0.4, 0.5) is 8.78 Å². The molecule has 0 aliphatic carbocycles. The van der Waals surface area contributed by atoms with Crippen LogP contribution in [-0.2, 0) is 6.54 Å². The second kappa shape index (κ2) is 4.50. The summed E-state index contributed by atoms with van der Waals surface area (Å²) in [6.07, 6.45) is 0. The number of rotatable bonds is 3. The zero-order valence-corrected chi connectivity index (χ0v) is 8.80. The molecule has 0 unspecified atom stereocenters. The summed E-state index contributed by atoms with van der Waals surface area (Å²) >= 11 is 1.15. The summed E-state index contributed by atoms with van der Waals surface area (Å²) < 4.78 is 30.6. The molecule has 0 amide bonds. The molecule has 0 spiro atoms. The lowest BCUT2D eigenvalue weighted by Crippen LogP contribution is -1.94. The predicted molar refractivity (Wildman–Crippen MR) is 54.2 cm³/mol. The quantitative estimate of drug-likeness (QED) is 0.896. The van der Waals surface area contributed by atoms with Gasteiger partial charge in [-0.2, -0.15) is 0 Å². The van der Waals surface area contributed by atoms with Crippen LogP contribution in [0.3, 0.4) is 0 Å². The summed E-state index contributed by atoms with van der Waals surface area (Å²) in [6.45, 7) is 0.263. The van der Waals surface area contributed by atoms with Crippen molar-refractivity contribution in [3.63, 3.8) is 0 Å². The number of halogens is 2. The fraction of sp³-hybridized carbons (Fsp3) is 0.111. The Hall–Kier alpha value is -1.60. The fourth-order valence-corrected chi connectivity index (χ4v) is 1.59. The third-order valence-corrected chi connectivity index (χ3v) is 2.54. The standard InChI is InChI=1S/C9H7F2N3OS/c10-6-2-1-5(3-7(6)11)15-9-14-13-8(4-12)16-9/h1-3H,4,12H2. The van der Waals surface area contributed by atoms with Gasteiger partial charge in [-0.25, -0.2) is 8.78 Å². The van der Waals surface area contributed by atoms with E-state index in [1.165, 1.54) is 6.07 Å². The predicted octanol–water partition coefficient (Wildman–Crippen LogP) is 2.07. The summed E-state index contributed by atoms with van der Waals surface area (Å²) in [5, 5.41) is 8.26. The smallest absolute Gasteiger partial charge is 0.299 e. The van der Waals surface area contributed by atoms with Crippen molar-refractivity contribution >= 4 is 11.3 Å². The van der Waals surface area contributed by atoms with Crippen LogP contribution in [0.15, 0.2) is 18.2 Å². The Bertz CT molecular complexity index is 503. The van der Waals surface area contributed by atoms with E-state index in [1.54, 1.807) is 0 Å². The van der Waals surface area contributed by atoms with Crippen molar-refractivity contribution in [2.75, 3.05) is 0 Å². The lowest BCUT2D eigenvalue weighted by atomic mass is 10.3. The van der Waals surface area contributed by atoms with Crippen molar-refractivity contribution < 1.29 is 13.5 Å². The van der Waals surface area contributed by atoms with E-state index in [0.29, 0.717) is 5.01 Å². The first-order chi connectivity index (χ1) is 7.69. The number of hydrogen-bond donors (Lipinski definition) is 1.